The van der Waals surface area contributed by atoms with Crippen LogP contribution < -0.4 is 0 Å². The van der Waals surface area contributed by atoms with Crippen LogP contribution in [0, 0.1) is 0 Å². The molecule has 2 rings (SSSR count). The second-order valence-corrected chi connectivity index (χ2v) is 5.80. The predicted octanol–water partition coefficient (Wildman–Crippen LogP) is 4.72. The molecule has 1 aromatic rings. The molecule has 2 N–H and O–H groups in total. The van der Waals surface area contributed by atoms with Gasteiger partial charge in [0.15, 0.2) is 0 Å². The van der Waals surface area contributed by atoms with Crippen LogP contribution in [0.2, 0.25) is 0 Å². The lowest BCUT2D eigenvalue weighted by molar-refractivity contribution is 0.154. The summed E-state index contributed by atoms with van der Waals surface area (Å²) in [6, 6.07) is 5.48. The number of aromatic hydroxyl groups is 1. The molecule has 0 aliphatic heterocycles. The van der Waals surface area contributed by atoms with Gasteiger partial charge in [-0.2, -0.15) is 0 Å². The monoisotopic (exact) mass is 308 g/mol. The van der Waals surface area contributed by atoms with E-state index in [4.69, 9.17) is 0 Å². The molecule has 2 nitrogen and oxygen atoms in total. The Bertz CT molecular complexity index is 692. The van der Waals surface area contributed by atoms with Crippen molar-refractivity contribution in [3.8, 4) is 5.75 Å². The molecule has 0 saturated carbocycles. The smallest absolute Gasteiger partial charge is 0.123 e. The van der Waals surface area contributed by atoms with Crippen molar-refractivity contribution >= 4 is 5.57 Å². The molecule has 0 bridgehead atoms. The summed E-state index contributed by atoms with van der Waals surface area (Å²) in [5.74, 6) is 0.173. The van der Waals surface area contributed by atoms with Gasteiger partial charge >= 0.3 is 0 Å². The van der Waals surface area contributed by atoms with Gasteiger partial charge in [-0.05, 0) is 48.6 Å². The van der Waals surface area contributed by atoms with Crippen molar-refractivity contribution in [2.75, 3.05) is 0 Å². The number of aliphatic hydroxyl groups is 1. The van der Waals surface area contributed by atoms with Crippen LogP contribution in [0.4, 0.5) is 0 Å². The molecule has 23 heavy (non-hydrogen) atoms. The van der Waals surface area contributed by atoms with Gasteiger partial charge in [-0.25, -0.2) is 0 Å². The normalized spacial score (nSPS) is 21.0. The second-order valence-electron chi connectivity index (χ2n) is 5.80. The largest absolute Gasteiger partial charge is 0.507 e. The van der Waals surface area contributed by atoms with Crippen molar-refractivity contribution in [3.05, 3.63) is 84.5 Å². The first-order chi connectivity index (χ1) is 11.0. The maximum Gasteiger partial charge on any atom is 0.123 e. The van der Waals surface area contributed by atoms with E-state index in [9.17, 15) is 10.2 Å². The zero-order valence-electron chi connectivity index (χ0n) is 13.6. The van der Waals surface area contributed by atoms with Crippen LogP contribution >= 0.6 is 0 Å². The van der Waals surface area contributed by atoms with Crippen LogP contribution in [0.5, 0.6) is 5.75 Å². The van der Waals surface area contributed by atoms with Crippen LogP contribution in [-0.4, -0.2) is 15.8 Å². The van der Waals surface area contributed by atoms with Crippen LogP contribution in [0.25, 0.3) is 5.57 Å². The Morgan fingerprint density at radius 3 is 2.61 bits per heavy atom. The standard InChI is InChI=1S/C21H24O2/c1-4-7-16-9-10-20(22)18(14-16)19-15-17(8-5-2)11-13-21(19,23)12-6-3/h4-6,9-12,14-15,22-23H,1-2,7-8,13H2,3H3. The van der Waals surface area contributed by atoms with Gasteiger partial charge in [-0.3, -0.25) is 0 Å². The molecule has 1 aromatic carbocycles. The highest BCUT2D eigenvalue weighted by atomic mass is 16.3. The lowest BCUT2D eigenvalue weighted by atomic mass is 9.79. The van der Waals surface area contributed by atoms with Crippen LogP contribution in [-0.2, 0) is 6.42 Å². The number of phenolic OH excluding ortho intramolecular Hbond substituents is 1. The third-order valence-electron chi connectivity index (χ3n) is 4.03. The van der Waals surface area contributed by atoms with Gasteiger partial charge in [-0.15, -0.1) is 13.2 Å². The zero-order chi connectivity index (χ0) is 16.9. The molecule has 0 radical (unpaired) electrons. The molecule has 1 aliphatic rings. The summed E-state index contributed by atoms with van der Waals surface area (Å²) >= 11 is 0. The topological polar surface area (TPSA) is 40.5 Å². The Morgan fingerprint density at radius 2 is 1.96 bits per heavy atom. The van der Waals surface area contributed by atoms with E-state index in [0.717, 1.165) is 29.6 Å². The number of benzene rings is 1. The van der Waals surface area contributed by atoms with Gasteiger partial charge in [-0.1, -0.05) is 42.5 Å². The van der Waals surface area contributed by atoms with E-state index in [2.05, 4.69) is 13.2 Å². The average Bonchev–Trinajstić information content (AvgIpc) is 2.52. The fraction of sp³-hybridized carbons (Fsp3) is 0.238. The summed E-state index contributed by atoms with van der Waals surface area (Å²) in [5.41, 5.74) is 2.43. The quantitative estimate of drug-likeness (QED) is 0.747. The predicted molar refractivity (Wildman–Crippen MR) is 97.3 cm³/mol. The van der Waals surface area contributed by atoms with E-state index in [0.29, 0.717) is 12.0 Å². The first-order valence-corrected chi connectivity index (χ1v) is 7.85. The van der Waals surface area contributed by atoms with Gasteiger partial charge < -0.3 is 10.2 Å². The summed E-state index contributed by atoms with van der Waals surface area (Å²) in [4.78, 5) is 0. The fourth-order valence-corrected chi connectivity index (χ4v) is 2.91. The molecule has 0 aromatic heterocycles. The zero-order valence-corrected chi connectivity index (χ0v) is 13.6. The number of allylic oxidation sites excluding steroid dienone is 5. The van der Waals surface area contributed by atoms with Gasteiger partial charge in [0.1, 0.15) is 11.4 Å². The average molecular weight is 308 g/mol. The molecule has 1 aliphatic carbocycles. The molecular formula is C21H24O2. The van der Waals surface area contributed by atoms with Gasteiger partial charge in [0.2, 0.25) is 0 Å². The Balaban J connectivity index is 2.58. The third-order valence-corrected chi connectivity index (χ3v) is 4.03. The molecule has 1 unspecified atom stereocenters. The SMILES string of the molecule is C=CCC1=CCC(O)(C=CC)C(c2cc(CC=C)ccc2O)=C1. The Kier molecular flexibility index (Phi) is 5.41. The third kappa shape index (κ3) is 3.72. The molecule has 0 heterocycles. The van der Waals surface area contributed by atoms with Crippen molar-refractivity contribution in [3.63, 3.8) is 0 Å². The summed E-state index contributed by atoms with van der Waals surface area (Å²) in [6.45, 7) is 9.41. The van der Waals surface area contributed by atoms with Gasteiger partial charge in [0.25, 0.3) is 0 Å². The Hall–Kier alpha value is -2.32. The molecule has 0 saturated heterocycles. The van der Waals surface area contributed by atoms with Crippen molar-refractivity contribution in [2.45, 2.75) is 31.8 Å². The first kappa shape index (κ1) is 17.0. The van der Waals surface area contributed by atoms with Crippen LogP contribution in [0.3, 0.4) is 0 Å². The van der Waals surface area contributed by atoms with E-state index in [1.54, 1.807) is 12.1 Å². The van der Waals surface area contributed by atoms with Gasteiger partial charge in [0, 0.05) is 12.0 Å². The van der Waals surface area contributed by atoms with Crippen molar-refractivity contribution in [2.24, 2.45) is 0 Å². The number of hydrogen-bond donors (Lipinski definition) is 2. The van der Waals surface area contributed by atoms with E-state index in [1.165, 1.54) is 0 Å². The fourth-order valence-electron chi connectivity index (χ4n) is 2.91. The first-order valence-electron chi connectivity index (χ1n) is 7.85. The lowest BCUT2D eigenvalue weighted by Gasteiger charge is -2.31. The van der Waals surface area contributed by atoms with Crippen LogP contribution in [0.15, 0.2) is 73.4 Å². The summed E-state index contributed by atoms with van der Waals surface area (Å²) in [6.07, 6.45) is 13.2. The minimum atomic E-state index is -1.11. The Labute approximate surface area is 138 Å². The molecule has 0 spiro atoms. The summed E-state index contributed by atoms with van der Waals surface area (Å²) in [5, 5.41) is 21.4. The van der Waals surface area contributed by atoms with Crippen molar-refractivity contribution < 1.29 is 10.2 Å². The number of phenols is 1. The van der Waals surface area contributed by atoms with E-state index >= 15 is 0 Å². The molecule has 0 fully saturated rings. The maximum atomic E-state index is 11.1. The molecule has 0 amide bonds. The van der Waals surface area contributed by atoms with Crippen LogP contribution in [0.1, 0.15) is 30.9 Å². The van der Waals surface area contributed by atoms with E-state index in [1.807, 2.05) is 49.4 Å². The number of rotatable bonds is 6. The highest BCUT2D eigenvalue weighted by Gasteiger charge is 2.32. The molecule has 2 heteroatoms. The van der Waals surface area contributed by atoms with Crippen molar-refractivity contribution in [1.82, 2.24) is 0 Å². The molecule has 120 valence electrons. The van der Waals surface area contributed by atoms with E-state index in [-0.39, 0.29) is 5.75 Å². The van der Waals surface area contributed by atoms with Gasteiger partial charge in [0.05, 0.1) is 0 Å². The number of hydrogen-bond acceptors (Lipinski definition) is 2. The highest BCUT2D eigenvalue weighted by molar-refractivity contribution is 5.81. The van der Waals surface area contributed by atoms with Crippen molar-refractivity contribution in [1.29, 1.82) is 0 Å². The minimum Gasteiger partial charge on any atom is -0.507 e. The minimum absolute atomic E-state index is 0.173. The van der Waals surface area contributed by atoms with E-state index < -0.39 is 5.60 Å². The summed E-state index contributed by atoms with van der Waals surface area (Å²) in [7, 11) is 0. The molecule has 1 atom stereocenters. The maximum absolute atomic E-state index is 11.1. The Morgan fingerprint density at radius 1 is 1.22 bits per heavy atom. The lowest BCUT2D eigenvalue weighted by Crippen LogP contribution is -2.29. The molecular weight excluding hydrogens is 284 g/mol. The summed E-state index contributed by atoms with van der Waals surface area (Å²) < 4.78 is 0. The second kappa shape index (κ2) is 7.30. The highest BCUT2D eigenvalue weighted by Crippen LogP contribution is 2.41.